The number of carbonyl (C=O) groups excluding carboxylic acids is 3. The minimum Gasteiger partial charge on any atom is -0.459 e. The Bertz CT molecular complexity index is 1180. The van der Waals surface area contributed by atoms with Gasteiger partial charge in [-0.3, -0.25) is 14.4 Å². The van der Waals surface area contributed by atoms with E-state index in [2.05, 4.69) is 0 Å². The zero-order chi connectivity index (χ0) is 26.3. The van der Waals surface area contributed by atoms with Gasteiger partial charge in [-0.2, -0.15) is 0 Å². The number of esters is 1. The molecule has 9 aliphatic rings. The number of ketones is 2. The lowest BCUT2D eigenvalue weighted by Crippen LogP contribution is -2.65. The van der Waals surface area contributed by atoms with Crippen LogP contribution in [0.15, 0.2) is 0 Å². The fourth-order valence-electron chi connectivity index (χ4n) is 10.7. The van der Waals surface area contributed by atoms with E-state index in [4.69, 9.17) is 23.7 Å². The highest BCUT2D eigenvalue weighted by atomic mass is 16.8. The summed E-state index contributed by atoms with van der Waals surface area (Å²) in [6, 6.07) is 0. The third-order valence-corrected chi connectivity index (χ3v) is 12.2. The summed E-state index contributed by atoms with van der Waals surface area (Å²) >= 11 is 0. The first kappa shape index (κ1) is 23.5. The predicted octanol–water partition coefficient (Wildman–Crippen LogP) is 1.91. The lowest BCUT2D eigenvalue weighted by atomic mass is 9.61. The Morgan fingerprint density at radius 2 is 1.62 bits per heavy atom. The van der Waals surface area contributed by atoms with Crippen LogP contribution in [0.25, 0.3) is 0 Å². The quantitative estimate of drug-likeness (QED) is 0.482. The van der Waals surface area contributed by atoms with Crippen molar-refractivity contribution in [1.82, 2.24) is 0 Å². The maximum atomic E-state index is 14.8. The van der Waals surface area contributed by atoms with Crippen molar-refractivity contribution in [2.45, 2.75) is 114 Å². The molecule has 0 aromatic carbocycles. The predicted molar refractivity (Wildman–Crippen MR) is 124 cm³/mol. The molecule has 9 fully saturated rings. The van der Waals surface area contributed by atoms with Gasteiger partial charge in [0, 0.05) is 35.5 Å². The summed E-state index contributed by atoms with van der Waals surface area (Å²) < 4.78 is 32.4. The van der Waals surface area contributed by atoms with Crippen LogP contribution in [0.5, 0.6) is 0 Å². The molecular weight excluding hydrogens is 480 g/mol. The van der Waals surface area contributed by atoms with Crippen LogP contribution in [-0.4, -0.2) is 69.3 Å². The van der Waals surface area contributed by atoms with Crippen molar-refractivity contribution in [3.8, 4) is 0 Å². The van der Waals surface area contributed by atoms with Gasteiger partial charge in [0.15, 0.2) is 5.79 Å². The lowest BCUT2D eigenvalue weighted by molar-refractivity contribution is -0.338. The zero-order valence-electron chi connectivity index (χ0n) is 22.2. The SMILES string of the molecule is C[C@@H]1C(=O)O[C@H]2[C@@H]1O[C@]13O[C@@]4(CC[C@]5(C)C(=O)[C@@H](C)[C@H]2[C@H]15)C[C@@]1(O)[C@H]2C[C@H](O[C@]1(C)OC2(C)C)[C@H]4C3=O. The molecule has 14 atom stereocenters. The van der Waals surface area contributed by atoms with Crippen LogP contribution < -0.4 is 0 Å². The molecular formula is C28H36O9. The largest absolute Gasteiger partial charge is 0.459 e. The third-order valence-electron chi connectivity index (χ3n) is 12.2. The minimum absolute atomic E-state index is 0.0710. The van der Waals surface area contributed by atoms with E-state index in [1.807, 2.05) is 27.7 Å². The van der Waals surface area contributed by atoms with Gasteiger partial charge in [-0.05, 0) is 47.0 Å². The van der Waals surface area contributed by atoms with Crippen LogP contribution in [-0.2, 0) is 38.1 Å². The number of carbonyl (C=O) groups is 3. The van der Waals surface area contributed by atoms with Crippen LogP contribution in [0.4, 0.5) is 0 Å². The number of Topliss-reactive ketones (excluding diaryl/α,β-unsaturated/α-hetero) is 2. The smallest absolute Gasteiger partial charge is 0.311 e. The van der Waals surface area contributed by atoms with Gasteiger partial charge in [0.2, 0.25) is 11.6 Å². The van der Waals surface area contributed by atoms with Crippen LogP contribution in [0, 0.1) is 40.9 Å². The Morgan fingerprint density at radius 1 is 0.892 bits per heavy atom. The Labute approximate surface area is 215 Å². The zero-order valence-corrected chi connectivity index (χ0v) is 22.2. The second-order valence-corrected chi connectivity index (χ2v) is 14.3. The van der Waals surface area contributed by atoms with Crippen molar-refractivity contribution in [3.63, 3.8) is 0 Å². The molecule has 0 aromatic heterocycles. The van der Waals surface area contributed by atoms with Gasteiger partial charge in [-0.25, -0.2) is 0 Å². The summed E-state index contributed by atoms with van der Waals surface area (Å²) in [5.41, 5.74) is -3.94. The fraction of sp³-hybridized carbons (Fsp3) is 0.893. The number of aliphatic hydroxyl groups is 1. The first-order chi connectivity index (χ1) is 17.1. The number of hydrogen-bond acceptors (Lipinski definition) is 9. The van der Waals surface area contributed by atoms with Crippen molar-refractivity contribution in [1.29, 1.82) is 0 Å². The van der Waals surface area contributed by atoms with Crippen LogP contribution in [0.1, 0.15) is 67.2 Å². The van der Waals surface area contributed by atoms with Crippen molar-refractivity contribution < 1.29 is 43.2 Å². The lowest BCUT2D eigenvalue weighted by Gasteiger charge is -2.51. The van der Waals surface area contributed by atoms with E-state index in [0.717, 1.165) is 0 Å². The Balaban J connectivity index is 1.33. The molecule has 0 unspecified atom stereocenters. The average molecular weight is 517 g/mol. The number of ether oxygens (including phenoxy) is 5. The van der Waals surface area contributed by atoms with Crippen molar-refractivity contribution in [2.75, 3.05) is 0 Å². The summed E-state index contributed by atoms with van der Waals surface area (Å²) in [7, 11) is 0. The molecule has 7 heterocycles. The van der Waals surface area contributed by atoms with E-state index in [1.54, 1.807) is 13.8 Å². The van der Waals surface area contributed by atoms with E-state index in [1.165, 1.54) is 0 Å². The maximum Gasteiger partial charge on any atom is 0.311 e. The standard InChI is InChI=1S/C28H36O9/c1-11-15-18-17(12(2)22(31)33-18)35-28-19(15)24(5,20(11)29)7-8-26(37-28)10-27(32)14-9-13(16(26)21(28)30)34-25(27,6)36-23(14,3)4/h11-19,32H,7-10H2,1-6H3/t11-,12-,13-,14-,15+,16-,17+,18+,19-,24-,25+,26-,27+,28-/m0/s1. The highest BCUT2D eigenvalue weighted by molar-refractivity contribution is 5.97. The molecule has 202 valence electrons. The van der Waals surface area contributed by atoms with E-state index in [9.17, 15) is 19.5 Å². The second kappa shape index (κ2) is 6.17. The number of hydrogen-bond donors (Lipinski definition) is 1. The molecule has 0 aromatic rings. The van der Waals surface area contributed by atoms with Crippen molar-refractivity contribution >= 4 is 17.5 Å². The molecule has 2 aliphatic carbocycles. The second-order valence-electron chi connectivity index (χ2n) is 14.3. The van der Waals surface area contributed by atoms with E-state index >= 15 is 0 Å². The van der Waals surface area contributed by atoms with E-state index in [0.29, 0.717) is 19.3 Å². The van der Waals surface area contributed by atoms with E-state index < -0.39 is 75.8 Å². The first-order valence-corrected chi connectivity index (χ1v) is 13.9. The highest BCUT2D eigenvalue weighted by Gasteiger charge is 2.85. The van der Waals surface area contributed by atoms with Crippen LogP contribution in [0.3, 0.4) is 0 Å². The summed E-state index contributed by atoms with van der Waals surface area (Å²) in [6.45, 7) is 11.3. The molecule has 6 bridgehead atoms. The van der Waals surface area contributed by atoms with Gasteiger partial charge < -0.3 is 28.8 Å². The van der Waals surface area contributed by atoms with E-state index in [-0.39, 0.29) is 35.8 Å². The molecule has 7 aliphatic heterocycles. The normalized spacial score (nSPS) is 64.1. The molecule has 2 saturated carbocycles. The highest BCUT2D eigenvalue weighted by Crippen LogP contribution is 2.73. The molecule has 9 nitrogen and oxygen atoms in total. The average Bonchev–Trinajstić information content (AvgIpc) is 3.20. The number of rotatable bonds is 0. The topological polar surface area (TPSA) is 118 Å². The molecule has 37 heavy (non-hydrogen) atoms. The molecule has 0 radical (unpaired) electrons. The molecule has 0 amide bonds. The summed E-state index contributed by atoms with van der Waals surface area (Å²) in [4.78, 5) is 41.4. The molecule has 9 rings (SSSR count). The van der Waals surface area contributed by atoms with Gasteiger partial charge >= 0.3 is 5.97 Å². The first-order valence-electron chi connectivity index (χ1n) is 13.9. The van der Waals surface area contributed by atoms with Crippen LogP contribution >= 0.6 is 0 Å². The molecule has 1 N–H and O–H groups in total. The third kappa shape index (κ3) is 2.23. The van der Waals surface area contributed by atoms with Gasteiger partial charge in [0.05, 0.1) is 29.1 Å². The van der Waals surface area contributed by atoms with Crippen molar-refractivity contribution in [2.24, 2.45) is 40.9 Å². The van der Waals surface area contributed by atoms with Gasteiger partial charge in [0.1, 0.15) is 23.6 Å². The Hall–Kier alpha value is -1.39. The molecule has 9 heteroatoms. The fourth-order valence-corrected chi connectivity index (χ4v) is 10.7. The maximum absolute atomic E-state index is 14.8. The van der Waals surface area contributed by atoms with Gasteiger partial charge in [0.25, 0.3) is 0 Å². The Kier molecular flexibility index (Phi) is 3.92. The summed E-state index contributed by atoms with van der Waals surface area (Å²) in [6.07, 6.45) is -0.200. The molecule has 2 spiro atoms. The van der Waals surface area contributed by atoms with Crippen LogP contribution in [0.2, 0.25) is 0 Å². The summed E-state index contributed by atoms with van der Waals surface area (Å²) in [5, 5.41) is 12.3. The summed E-state index contributed by atoms with van der Waals surface area (Å²) in [5.74, 6) is -6.27. The van der Waals surface area contributed by atoms with Gasteiger partial charge in [-0.1, -0.05) is 13.8 Å². The van der Waals surface area contributed by atoms with Gasteiger partial charge in [-0.15, -0.1) is 0 Å². The van der Waals surface area contributed by atoms with Crippen molar-refractivity contribution in [3.05, 3.63) is 0 Å². The Morgan fingerprint density at radius 3 is 2.32 bits per heavy atom. The monoisotopic (exact) mass is 516 g/mol. The minimum atomic E-state index is -1.68. The number of fused-ring (bicyclic) bond motifs is 2. The molecule has 7 saturated heterocycles.